The molecule has 0 fully saturated rings. The Morgan fingerprint density at radius 3 is 2.35 bits per heavy atom. The summed E-state index contributed by atoms with van der Waals surface area (Å²) in [6.45, 7) is 3.66. The molecule has 0 aromatic heterocycles. The number of hydrazine groups is 1. The molecule has 90 valence electrons. The monoisotopic (exact) mass is 249 g/mol. The van der Waals surface area contributed by atoms with Crippen LogP contribution < -0.4 is 16.6 Å². The topological polar surface area (TPSA) is 74.8 Å². The van der Waals surface area contributed by atoms with Crippen LogP contribution in [0.3, 0.4) is 0 Å². The minimum absolute atomic E-state index is 0.157. The Morgan fingerprint density at radius 2 is 1.76 bits per heavy atom. The van der Waals surface area contributed by atoms with Crippen molar-refractivity contribution in [3.63, 3.8) is 0 Å². The first-order valence-electron chi connectivity index (χ1n) is 5.05. The predicted molar refractivity (Wildman–Crippen MR) is 74.8 cm³/mol. The van der Waals surface area contributed by atoms with E-state index in [9.17, 15) is 0 Å². The van der Waals surface area contributed by atoms with Gasteiger partial charge in [-0.25, -0.2) is 0 Å². The minimum Gasteiger partial charge on any atom is -0.367 e. The summed E-state index contributed by atoms with van der Waals surface area (Å²) in [6, 6.07) is 9.54. The van der Waals surface area contributed by atoms with Crippen LogP contribution >= 0.6 is 12.2 Å². The fourth-order valence-corrected chi connectivity index (χ4v) is 1.15. The van der Waals surface area contributed by atoms with Gasteiger partial charge in [0.25, 0.3) is 0 Å². The number of nitrogens with zero attached hydrogens (tertiary/aromatic N) is 2. The van der Waals surface area contributed by atoms with Crippen molar-refractivity contribution in [2.45, 2.75) is 13.8 Å². The average molecular weight is 249 g/mol. The maximum atomic E-state index is 5.56. The number of hydrogen-bond donors (Lipinski definition) is 3. The number of rotatable bonds is 2. The van der Waals surface area contributed by atoms with E-state index in [1.54, 1.807) is 0 Å². The van der Waals surface area contributed by atoms with Crippen LogP contribution in [0.2, 0.25) is 0 Å². The summed E-state index contributed by atoms with van der Waals surface area (Å²) in [5.41, 5.74) is 12.7. The van der Waals surface area contributed by atoms with Gasteiger partial charge in [0, 0.05) is 11.3 Å². The lowest BCUT2D eigenvalue weighted by Gasteiger charge is -2.08. The Labute approximate surface area is 106 Å². The molecule has 0 aliphatic heterocycles. The van der Waals surface area contributed by atoms with E-state index in [0.717, 1.165) is 11.3 Å². The Morgan fingerprint density at radius 1 is 1.12 bits per heavy atom. The summed E-state index contributed by atoms with van der Waals surface area (Å²) >= 11 is 5.15. The van der Waals surface area contributed by atoms with Crippen molar-refractivity contribution < 1.29 is 0 Å². The standard InChI is InChI=1S/C11H15N5S/c1-8(2)13-15-11(12)16-14-10(17)9-6-4-3-5-7-9/h3-7H,1-2H3,(H,14,17)(H3,12,15,16). The van der Waals surface area contributed by atoms with Gasteiger partial charge < -0.3 is 5.73 Å². The number of nitrogens with two attached hydrogens (primary N) is 1. The predicted octanol–water partition coefficient (Wildman–Crippen LogP) is 1.17. The Kier molecular flexibility index (Phi) is 5.09. The van der Waals surface area contributed by atoms with Crippen molar-refractivity contribution in [1.29, 1.82) is 0 Å². The molecule has 1 aromatic carbocycles. The first-order chi connectivity index (χ1) is 8.09. The summed E-state index contributed by atoms with van der Waals surface area (Å²) in [6.07, 6.45) is 0. The van der Waals surface area contributed by atoms with E-state index in [2.05, 4.69) is 21.1 Å². The molecule has 0 saturated heterocycles. The van der Waals surface area contributed by atoms with E-state index < -0.39 is 0 Å². The molecule has 0 unspecified atom stereocenters. The van der Waals surface area contributed by atoms with Gasteiger partial charge in [0.2, 0.25) is 5.96 Å². The maximum absolute atomic E-state index is 5.56. The van der Waals surface area contributed by atoms with Crippen LogP contribution in [0.1, 0.15) is 19.4 Å². The van der Waals surface area contributed by atoms with Gasteiger partial charge in [-0.3, -0.25) is 10.9 Å². The summed E-state index contributed by atoms with van der Waals surface area (Å²) < 4.78 is 0. The minimum atomic E-state index is 0.157. The number of thiocarbonyl (C=S) groups is 1. The van der Waals surface area contributed by atoms with Gasteiger partial charge in [0.05, 0.1) is 0 Å². The number of hydrogen-bond acceptors (Lipinski definition) is 3. The van der Waals surface area contributed by atoms with Crippen LogP contribution in [-0.2, 0) is 0 Å². The van der Waals surface area contributed by atoms with Gasteiger partial charge in [-0.15, -0.1) is 5.10 Å². The zero-order valence-corrected chi connectivity index (χ0v) is 10.6. The third kappa shape index (κ3) is 5.07. The summed E-state index contributed by atoms with van der Waals surface area (Å²) in [5, 5.41) is 7.55. The molecule has 0 aliphatic carbocycles. The molecule has 4 N–H and O–H groups in total. The molecule has 1 rings (SSSR count). The second kappa shape index (κ2) is 6.59. The van der Waals surface area contributed by atoms with Crippen molar-refractivity contribution in [1.82, 2.24) is 10.9 Å². The van der Waals surface area contributed by atoms with Gasteiger partial charge >= 0.3 is 0 Å². The molecule has 6 heteroatoms. The van der Waals surface area contributed by atoms with E-state index in [0.29, 0.717) is 4.99 Å². The quantitative estimate of drug-likeness (QED) is 0.318. The smallest absolute Gasteiger partial charge is 0.232 e. The number of benzene rings is 1. The summed E-state index contributed by atoms with van der Waals surface area (Å²) in [7, 11) is 0. The van der Waals surface area contributed by atoms with Gasteiger partial charge in [-0.05, 0) is 13.8 Å². The van der Waals surface area contributed by atoms with Gasteiger partial charge in [0.1, 0.15) is 4.99 Å². The fraction of sp³-hybridized carbons (Fsp3) is 0.182. The molecule has 0 atom stereocenters. The van der Waals surface area contributed by atoms with Gasteiger partial charge in [0.15, 0.2) is 0 Å². The molecular formula is C11H15N5S. The zero-order valence-electron chi connectivity index (χ0n) is 9.77. The highest BCUT2D eigenvalue weighted by Gasteiger charge is 1.98. The van der Waals surface area contributed by atoms with Crippen LogP contribution in [0.4, 0.5) is 0 Å². The van der Waals surface area contributed by atoms with E-state index >= 15 is 0 Å². The van der Waals surface area contributed by atoms with E-state index in [4.69, 9.17) is 18.0 Å². The highest BCUT2D eigenvalue weighted by molar-refractivity contribution is 7.80. The molecule has 5 nitrogen and oxygen atoms in total. The second-order valence-corrected chi connectivity index (χ2v) is 3.89. The average Bonchev–Trinajstić information content (AvgIpc) is 2.34. The maximum Gasteiger partial charge on any atom is 0.232 e. The second-order valence-electron chi connectivity index (χ2n) is 3.48. The normalized spacial score (nSPS) is 10.6. The molecule has 0 heterocycles. The third-order valence-corrected chi connectivity index (χ3v) is 2.04. The highest BCUT2D eigenvalue weighted by atomic mass is 32.1. The Hall–Kier alpha value is -1.95. The lowest BCUT2D eigenvalue weighted by molar-refractivity contribution is 0.858. The Bertz CT molecular complexity index is 434. The lowest BCUT2D eigenvalue weighted by Crippen LogP contribution is -2.45. The van der Waals surface area contributed by atoms with Crippen LogP contribution in [0, 0.1) is 0 Å². The molecule has 0 saturated carbocycles. The fourth-order valence-electron chi connectivity index (χ4n) is 0.961. The molecule has 0 spiro atoms. The van der Waals surface area contributed by atoms with Gasteiger partial charge in [-0.2, -0.15) is 5.10 Å². The third-order valence-electron chi connectivity index (χ3n) is 1.70. The van der Waals surface area contributed by atoms with Crippen molar-refractivity contribution >= 4 is 28.9 Å². The van der Waals surface area contributed by atoms with Crippen molar-refractivity contribution in [3.05, 3.63) is 35.9 Å². The van der Waals surface area contributed by atoms with Gasteiger partial charge in [-0.1, -0.05) is 42.5 Å². The number of nitrogens with one attached hydrogen (secondary N) is 2. The molecule has 0 aliphatic rings. The van der Waals surface area contributed by atoms with E-state index in [1.165, 1.54) is 0 Å². The van der Waals surface area contributed by atoms with E-state index in [-0.39, 0.29) is 5.96 Å². The molecule has 17 heavy (non-hydrogen) atoms. The highest BCUT2D eigenvalue weighted by Crippen LogP contribution is 1.97. The van der Waals surface area contributed by atoms with Crippen LogP contribution in [0.15, 0.2) is 40.5 Å². The van der Waals surface area contributed by atoms with Crippen LogP contribution in [-0.4, -0.2) is 16.7 Å². The van der Waals surface area contributed by atoms with Crippen LogP contribution in [0.5, 0.6) is 0 Å². The molecule has 1 aromatic rings. The largest absolute Gasteiger partial charge is 0.367 e. The summed E-state index contributed by atoms with van der Waals surface area (Å²) in [4.78, 5) is 0.543. The van der Waals surface area contributed by atoms with Crippen molar-refractivity contribution in [2.75, 3.05) is 0 Å². The van der Waals surface area contributed by atoms with Crippen molar-refractivity contribution in [3.8, 4) is 0 Å². The van der Waals surface area contributed by atoms with E-state index in [1.807, 2.05) is 44.2 Å². The molecule has 0 amide bonds. The van der Waals surface area contributed by atoms with Crippen molar-refractivity contribution in [2.24, 2.45) is 15.9 Å². The first-order valence-corrected chi connectivity index (χ1v) is 5.46. The molecule has 0 radical (unpaired) electrons. The molecular weight excluding hydrogens is 234 g/mol. The molecule has 0 bridgehead atoms. The zero-order chi connectivity index (χ0) is 12.7. The lowest BCUT2D eigenvalue weighted by atomic mass is 10.2. The Balaban J connectivity index is 2.49. The number of guanidine groups is 1. The summed E-state index contributed by atoms with van der Waals surface area (Å²) in [5.74, 6) is 0.157. The first kappa shape index (κ1) is 13.1. The SMILES string of the molecule is CC(C)=N/N=C(\N)NNC(=S)c1ccccc1. The van der Waals surface area contributed by atoms with Crippen LogP contribution in [0.25, 0.3) is 0 Å².